The zero-order valence-electron chi connectivity index (χ0n) is 8.66. The van der Waals surface area contributed by atoms with Crippen LogP contribution in [0.25, 0.3) is 0 Å². The molecule has 74 valence electrons. The van der Waals surface area contributed by atoms with Crippen molar-refractivity contribution in [1.29, 1.82) is 0 Å². The smallest absolute Gasteiger partial charge is 0.0812 e. The Kier molecular flexibility index (Phi) is 3.73. The quantitative estimate of drug-likeness (QED) is 0.659. The van der Waals surface area contributed by atoms with E-state index in [1.807, 2.05) is 18.2 Å². The SMILES string of the molecule is CCCCCC1(C)C=CC=CC1O. The number of hydrogen-bond acceptors (Lipinski definition) is 1. The molecule has 0 amide bonds. The summed E-state index contributed by atoms with van der Waals surface area (Å²) in [5, 5.41) is 9.79. The fourth-order valence-corrected chi connectivity index (χ4v) is 1.75. The molecule has 1 rings (SSSR count). The number of unbranched alkanes of at least 4 members (excludes halogenated alkanes) is 2. The van der Waals surface area contributed by atoms with Gasteiger partial charge in [-0.05, 0) is 6.42 Å². The van der Waals surface area contributed by atoms with E-state index in [0.717, 1.165) is 6.42 Å². The molecule has 0 radical (unpaired) electrons. The van der Waals surface area contributed by atoms with E-state index in [1.165, 1.54) is 19.3 Å². The Balaban J connectivity index is 2.45. The third-order valence-electron chi connectivity index (χ3n) is 2.88. The largest absolute Gasteiger partial charge is 0.388 e. The number of aliphatic hydroxyl groups excluding tert-OH is 1. The molecule has 0 aromatic carbocycles. The zero-order chi connectivity index (χ0) is 9.73. The highest BCUT2D eigenvalue weighted by atomic mass is 16.3. The zero-order valence-corrected chi connectivity index (χ0v) is 8.66. The molecule has 2 atom stereocenters. The Hall–Kier alpha value is -0.560. The van der Waals surface area contributed by atoms with Crippen molar-refractivity contribution in [1.82, 2.24) is 0 Å². The molecule has 0 saturated heterocycles. The maximum absolute atomic E-state index is 9.79. The van der Waals surface area contributed by atoms with Crippen LogP contribution in [-0.4, -0.2) is 11.2 Å². The maximum atomic E-state index is 9.79. The van der Waals surface area contributed by atoms with Crippen LogP contribution >= 0.6 is 0 Å². The molecule has 2 unspecified atom stereocenters. The van der Waals surface area contributed by atoms with Crippen LogP contribution in [0.1, 0.15) is 39.5 Å². The third kappa shape index (κ3) is 2.70. The van der Waals surface area contributed by atoms with Crippen molar-refractivity contribution in [2.24, 2.45) is 5.41 Å². The van der Waals surface area contributed by atoms with Gasteiger partial charge < -0.3 is 5.11 Å². The summed E-state index contributed by atoms with van der Waals surface area (Å²) in [6.45, 7) is 4.34. The highest BCUT2D eigenvalue weighted by Crippen LogP contribution is 2.33. The second-order valence-electron chi connectivity index (χ2n) is 4.15. The fourth-order valence-electron chi connectivity index (χ4n) is 1.75. The number of hydrogen-bond donors (Lipinski definition) is 1. The van der Waals surface area contributed by atoms with Crippen LogP contribution in [0.5, 0.6) is 0 Å². The molecule has 0 bridgehead atoms. The minimum Gasteiger partial charge on any atom is -0.388 e. The van der Waals surface area contributed by atoms with Crippen molar-refractivity contribution >= 4 is 0 Å². The van der Waals surface area contributed by atoms with Gasteiger partial charge in [0.25, 0.3) is 0 Å². The van der Waals surface area contributed by atoms with E-state index < -0.39 is 0 Å². The van der Waals surface area contributed by atoms with E-state index in [2.05, 4.69) is 19.9 Å². The van der Waals surface area contributed by atoms with E-state index in [0.29, 0.717) is 0 Å². The second kappa shape index (κ2) is 4.61. The normalized spacial score (nSPS) is 32.4. The van der Waals surface area contributed by atoms with E-state index in [9.17, 15) is 5.11 Å². The Bertz CT molecular complexity index is 205. The van der Waals surface area contributed by atoms with E-state index in [4.69, 9.17) is 0 Å². The number of allylic oxidation sites excluding steroid dienone is 2. The summed E-state index contributed by atoms with van der Waals surface area (Å²) in [6.07, 6.45) is 12.5. The van der Waals surface area contributed by atoms with E-state index in [-0.39, 0.29) is 11.5 Å². The first-order valence-electron chi connectivity index (χ1n) is 5.23. The monoisotopic (exact) mass is 180 g/mol. The van der Waals surface area contributed by atoms with Gasteiger partial charge in [-0.3, -0.25) is 0 Å². The molecule has 1 aliphatic rings. The van der Waals surface area contributed by atoms with Gasteiger partial charge in [0.2, 0.25) is 0 Å². The Labute approximate surface area is 81.2 Å². The van der Waals surface area contributed by atoms with Gasteiger partial charge in [-0.2, -0.15) is 0 Å². The summed E-state index contributed by atoms with van der Waals surface area (Å²) in [6, 6.07) is 0. The first-order valence-corrected chi connectivity index (χ1v) is 5.23. The van der Waals surface area contributed by atoms with Crippen LogP contribution < -0.4 is 0 Å². The molecule has 0 spiro atoms. The molecule has 13 heavy (non-hydrogen) atoms. The van der Waals surface area contributed by atoms with Gasteiger partial charge in [0.15, 0.2) is 0 Å². The molecule has 1 N–H and O–H groups in total. The topological polar surface area (TPSA) is 20.2 Å². The van der Waals surface area contributed by atoms with Gasteiger partial charge in [-0.15, -0.1) is 0 Å². The molecule has 0 aromatic rings. The van der Waals surface area contributed by atoms with Gasteiger partial charge in [0.1, 0.15) is 0 Å². The molecule has 0 heterocycles. The Morgan fingerprint density at radius 2 is 2.08 bits per heavy atom. The molecule has 0 aliphatic heterocycles. The lowest BCUT2D eigenvalue weighted by Crippen LogP contribution is -2.30. The minimum atomic E-state index is -0.297. The van der Waals surface area contributed by atoms with Crippen LogP contribution in [0.3, 0.4) is 0 Å². The predicted octanol–water partition coefficient (Wildman–Crippen LogP) is 3.06. The van der Waals surface area contributed by atoms with Gasteiger partial charge in [0.05, 0.1) is 6.10 Å². The average Bonchev–Trinajstić information content (AvgIpc) is 2.11. The van der Waals surface area contributed by atoms with Crippen LogP contribution in [0, 0.1) is 5.41 Å². The summed E-state index contributed by atoms with van der Waals surface area (Å²) in [7, 11) is 0. The maximum Gasteiger partial charge on any atom is 0.0812 e. The van der Waals surface area contributed by atoms with Gasteiger partial charge in [0, 0.05) is 5.41 Å². The van der Waals surface area contributed by atoms with Crippen molar-refractivity contribution in [2.45, 2.75) is 45.6 Å². The fraction of sp³-hybridized carbons (Fsp3) is 0.667. The van der Waals surface area contributed by atoms with Crippen molar-refractivity contribution < 1.29 is 5.11 Å². The lowest BCUT2D eigenvalue weighted by Gasteiger charge is -2.31. The first-order chi connectivity index (χ1) is 6.19. The van der Waals surface area contributed by atoms with Crippen LogP contribution in [0.2, 0.25) is 0 Å². The molecular weight excluding hydrogens is 160 g/mol. The summed E-state index contributed by atoms with van der Waals surface area (Å²) in [5.41, 5.74) is -0.0239. The molecule has 1 heteroatoms. The molecule has 0 aromatic heterocycles. The lowest BCUT2D eigenvalue weighted by atomic mass is 9.77. The summed E-state index contributed by atoms with van der Waals surface area (Å²) >= 11 is 0. The molecule has 0 fully saturated rings. The van der Waals surface area contributed by atoms with E-state index >= 15 is 0 Å². The average molecular weight is 180 g/mol. The van der Waals surface area contributed by atoms with Gasteiger partial charge in [-0.25, -0.2) is 0 Å². The molecular formula is C12H20O. The highest BCUT2D eigenvalue weighted by Gasteiger charge is 2.28. The van der Waals surface area contributed by atoms with Gasteiger partial charge >= 0.3 is 0 Å². The number of rotatable bonds is 4. The summed E-state index contributed by atoms with van der Waals surface area (Å²) in [5.74, 6) is 0. The Morgan fingerprint density at radius 3 is 2.69 bits per heavy atom. The Morgan fingerprint density at radius 1 is 1.31 bits per heavy atom. The van der Waals surface area contributed by atoms with Crippen molar-refractivity contribution in [3.8, 4) is 0 Å². The van der Waals surface area contributed by atoms with Crippen molar-refractivity contribution in [2.75, 3.05) is 0 Å². The van der Waals surface area contributed by atoms with E-state index in [1.54, 1.807) is 0 Å². The second-order valence-corrected chi connectivity index (χ2v) is 4.15. The summed E-state index contributed by atoms with van der Waals surface area (Å²) < 4.78 is 0. The van der Waals surface area contributed by atoms with Crippen molar-refractivity contribution in [3.63, 3.8) is 0 Å². The first kappa shape index (κ1) is 10.5. The molecule has 1 nitrogen and oxygen atoms in total. The van der Waals surface area contributed by atoms with Gasteiger partial charge in [-0.1, -0.05) is 57.4 Å². The van der Waals surface area contributed by atoms with Crippen LogP contribution in [0.15, 0.2) is 24.3 Å². The highest BCUT2D eigenvalue weighted by molar-refractivity contribution is 5.19. The number of aliphatic hydroxyl groups is 1. The molecule has 0 saturated carbocycles. The third-order valence-corrected chi connectivity index (χ3v) is 2.88. The lowest BCUT2D eigenvalue weighted by molar-refractivity contribution is 0.102. The standard InChI is InChI=1S/C12H20O/c1-3-4-6-9-12(2)10-7-5-8-11(12)13/h5,7-8,10-11,13H,3-4,6,9H2,1-2H3. The van der Waals surface area contributed by atoms with Crippen LogP contribution in [-0.2, 0) is 0 Å². The minimum absolute atomic E-state index is 0.0239. The van der Waals surface area contributed by atoms with Crippen molar-refractivity contribution in [3.05, 3.63) is 24.3 Å². The molecule has 1 aliphatic carbocycles. The summed E-state index contributed by atoms with van der Waals surface area (Å²) in [4.78, 5) is 0. The van der Waals surface area contributed by atoms with Crippen LogP contribution in [0.4, 0.5) is 0 Å². The predicted molar refractivity (Wildman–Crippen MR) is 56.5 cm³/mol.